The number of thiazole rings is 1. The molecule has 0 aromatic carbocycles. The van der Waals surface area contributed by atoms with Crippen molar-refractivity contribution in [3.05, 3.63) is 41.2 Å². The molecule has 1 atom stereocenters. The number of rotatable bonds is 5. The monoisotopic (exact) mass is 262 g/mol. The minimum absolute atomic E-state index is 0.0106. The lowest BCUT2D eigenvalue weighted by Crippen LogP contribution is -2.22. The smallest absolute Gasteiger partial charge is 0.185 e. The number of hydrogen-bond donors (Lipinski definition) is 1. The molecular formula is C13H18N4S. The van der Waals surface area contributed by atoms with Crippen LogP contribution in [0, 0.1) is 0 Å². The zero-order valence-corrected chi connectivity index (χ0v) is 11.5. The van der Waals surface area contributed by atoms with Crippen LogP contribution in [0.25, 0.3) is 0 Å². The van der Waals surface area contributed by atoms with E-state index < -0.39 is 0 Å². The molecule has 0 aliphatic heterocycles. The number of anilines is 1. The molecule has 0 spiro atoms. The van der Waals surface area contributed by atoms with E-state index in [0.29, 0.717) is 0 Å². The van der Waals surface area contributed by atoms with E-state index >= 15 is 0 Å². The quantitative estimate of drug-likeness (QED) is 0.900. The number of hydrogen-bond acceptors (Lipinski definition) is 5. The van der Waals surface area contributed by atoms with Crippen molar-refractivity contribution in [3.8, 4) is 0 Å². The second-order valence-electron chi connectivity index (χ2n) is 4.18. The Hall–Kier alpha value is -1.46. The van der Waals surface area contributed by atoms with Crippen molar-refractivity contribution >= 4 is 16.5 Å². The molecule has 0 saturated heterocycles. The van der Waals surface area contributed by atoms with Gasteiger partial charge in [-0.15, -0.1) is 11.3 Å². The number of pyridine rings is 1. The van der Waals surface area contributed by atoms with Gasteiger partial charge in [-0.05, 0) is 26.0 Å². The highest BCUT2D eigenvalue weighted by atomic mass is 32.1. The van der Waals surface area contributed by atoms with Gasteiger partial charge in [-0.1, -0.05) is 6.07 Å². The zero-order chi connectivity index (χ0) is 13.0. The Bertz CT molecular complexity index is 481. The van der Waals surface area contributed by atoms with Crippen LogP contribution in [0.5, 0.6) is 0 Å². The van der Waals surface area contributed by atoms with E-state index in [4.69, 9.17) is 5.73 Å². The summed E-state index contributed by atoms with van der Waals surface area (Å²) in [5.74, 6) is 0. The average molecular weight is 262 g/mol. The van der Waals surface area contributed by atoms with Crippen molar-refractivity contribution < 1.29 is 0 Å². The second-order valence-corrected chi connectivity index (χ2v) is 5.02. The van der Waals surface area contributed by atoms with Gasteiger partial charge in [0.05, 0.1) is 17.9 Å². The van der Waals surface area contributed by atoms with Crippen molar-refractivity contribution in [2.75, 3.05) is 11.4 Å². The Labute approximate surface area is 111 Å². The first-order chi connectivity index (χ1) is 8.70. The van der Waals surface area contributed by atoms with Crippen LogP contribution in [0.1, 0.15) is 31.3 Å². The fourth-order valence-electron chi connectivity index (χ4n) is 1.63. The fourth-order valence-corrected chi connectivity index (χ4v) is 2.63. The molecule has 2 aromatic heterocycles. The van der Waals surface area contributed by atoms with E-state index in [1.807, 2.05) is 36.7 Å². The Morgan fingerprint density at radius 2 is 2.28 bits per heavy atom. The molecule has 4 nitrogen and oxygen atoms in total. The van der Waals surface area contributed by atoms with Crippen LogP contribution in [0.3, 0.4) is 0 Å². The molecular weight excluding hydrogens is 244 g/mol. The topological polar surface area (TPSA) is 55.0 Å². The van der Waals surface area contributed by atoms with Crippen LogP contribution in [0.15, 0.2) is 29.8 Å². The first-order valence-corrected chi connectivity index (χ1v) is 6.94. The van der Waals surface area contributed by atoms with Gasteiger partial charge in [0.2, 0.25) is 0 Å². The van der Waals surface area contributed by atoms with Gasteiger partial charge in [-0.25, -0.2) is 4.98 Å². The summed E-state index contributed by atoms with van der Waals surface area (Å²) in [5, 5.41) is 3.04. The molecule has 0 radical (unpaired) electrons. The largest absolute Gasteiger partial charge is 0.342 e. The summed E-state index contributed by atoms with van der Waals surface area (Å²) in [4.78, 5) is 11.1. The second kappa shape index (κ2) is 5.93. The molecule has 0 bridgehead atoms. The van der Waals surface area contributed by atoms with E-state index in [-0.39, 0.29) is 6.04 Å². The maximum absolute atomic E-state index is 5.83. The highest BCUT2D eigenvalue weighted by Gasteiger charge is 2.12. The van der Waals surface area contributed by atoms with Crippen molar-refractivity contribution in [1.82, 2.24) is 9.97 Å². The minimum atomic E-state index is -0.0106. The van der Waals surface area contributed by atoms with E-state index in [1.54, 1.807) is 11.3 Å². The van der Waals surface area contributed by atoms with Crippen molar-refractivity contribution in [3.63, 3.8) is 0 Å². The molecule has 18 heavy (non-hydrogen) atoms. The molecule has 0 aliphatic rings. The lowest BCUT2D eigenvalue weighted by atomic mass is 10.3. The van der Waals surface area contributed by atoms with Gasteiger partial charge in [0.25, 0.3) is 0 Å². The van der Waals surface area contributed by atoms with E-state index in [9.17, 15) is 0 Å². The highest BCUT2D eigenvalue weighted by molar-refractivity contribution is 7.13. The minimum Gasteiger partial charge on any atom is -0.342 e. The summed E-state index contributed by atoms with van der Waals surface area (Å²) in [6.07, 6.45) is 1.82. The predicted octanol–water partition coefficient (Wildman–Crippen LogP) is 2.58. The van der Waals surface area contributed by atoms with Crippen molar-refractivity contribution in [2.24, 2.45) is 5.73 Å². The molecule has 0 saturated carbocycles. The maximum Gasteiger partial charge on any atom is 0.185 e. The summed E-state index contributed by atoms with van der Waals surface area (Å²) in [7, 11) is 0. The Kier molecular flexibility index (Phi) is 4.28. The van der Waals surface area contributed by atoms with Crippen LogP contribution in [-0.4, -0.2) is 16.5 Å². The van der Waals surface area contributed by atoms with Gasteiger partial charge < -0.3 is 10.6 Å². The summed E-state index contributed by atoms with van der Waals surface area (Å²) in [5.41, 5.74) is 7.84. The lowest BCUT2D eigenvalue weighted by Gasteiger charge is -2.19. The molecule has 2 heterocycles. The molecule has 5 heteroatoms. The third kappa shape index (κ3) is 3.05. The summed E-state index contributed by atoms with van der Waals surface area (Å²) in [6, 6.07) is 5.95. The van der Waals surface area contributed by atoms with Crippen LogP contribution >= 0.6 is 11.3 Å². The van der Waals surface area contributed by atoms with Crippen LogP contribution < -0.4 is 10.6 Å². The maximum atomic E-state index is 5.83. The van der Waals surface area contributed by atoms with Crippen LogP contribution in [-0.2, 0) is 6.54 Å². The molecule has 2 aromatic rings. The number of nitrogens with two attached hydrogens (primary N) is 1. The Balaban J connectivity index is 2.13. The predicted molar refractivity (Wildman–Crippen MR) is 75.7 cm³/mol. The molecule has 2 N–H and O–H groups in total. The normalized spacial score (nSPS) is 12.4. The lowest BCUT2D eigenvalue weighted by molar-refractivity contribution is 0.767. The Morgan fingerprint density at radius 1 is 1.44 bits per heavy atom. The van der Waals surface area contributed by atoms with Crippen LogP contribution in [0.4, 0.5) is 5.13 Å². The molecule has 0 aliphatic carbocycles. The number of aromatic nitrogens is 2. The summed E-state index contributed by atoms with van der Waals surface area (Å²) in [6.45, 7) is 5.76. The average Bonchev–Trinajstić information content (AvgIpc) is 2.87. The van der Waals surface area contributed by atoms with Gasteiger partial charge >= 0.3 is 0 Å². The number of nitrogens with zero attached hydrogens (tertiary/aromatic N) is 3. The van der Waals surface area contributed by atoms with Crippen molar-refractivity contribution in [1.29, 1.82) is 0 Å². The van der Waals surface area contributed by atoms with E-state index in [0.717, 1.165) is 29.6 Å². The molecule has 96 valence electrons. The summed E-state index contributed by atoms with van der Waals surface area (Å²) >= 11 is 1.64. The van der Waals surface area contributed by atoms with E-state index in [1.165, 1.54) is 0 Å². The van der Waals surface area contributed by atoms with Gasteiger partial charge in [0, 0.05) is 24.2 Å². The third-order valence-electron chi connectivity index (χ3n) is 2.71. The van der Waals surface area contributed by atoms with Crippen molar-refractivity contribution in [2.45, 2.75) is 26.4 Å². The first kappa shape index (κ1) is 13.0. The van der Waals surface area contributed by atoms with Gasteiger partial charge in [0.15, 0.2) is 5.13 Å². The standard InChI is InChI=1S/C13H18N4S/c1-3-17(8-11-6-4-5-7-15-11)13-16-12(9-18-13)10(2)14/h4-7,9-10H,3,8,14H2,1-2H3. The Morgan fingerprint density at radius 3 is 2.83 bits per heavy atom. The van der Waals surface area contributed by atoms with Gasteiger partial charge in [0.1, 0.15) is 0 Å². The summed E-state index contributed by atoms with van der Waals surface area (Å²) < 4.78 is 0. The van der Waals surface area contributed by atoms with Gasteiger partial charge in [-0.3, -0.25) is 4.98 Å². The molecule has 0 amide bonds. The van der Waals surface area contributed by atoms with Gasteiger partial charge in [-0.2, -0.15) is 0 Å². The van der Waals surface area contributed by atoms with Crippen LogP contribution in [0.2, 0.25) is 0 Å². The highest BCUT2D eigenvalue weighted by Crippen LogP contribution is 2.24. The van der Waals surface area contributed by atoms with E-state index in [2.05, 4.69) is 21.8 Å². The molecule has 2 rings (SSSR count). The fraction of sp³-hybridized carbons (Fsp3) is 0.385. The molecule has 1 unspecified atom stereocenters. The zero-order valence-electron chi connectivity index (χ0n) is 10.7. The SMILES string of the molecule is CCN(Cc1ccccn1)c1nc(C(C)N)cs1. The molecule has 0 fully saturated rings. The third-order valence-corrected chi connectivity index (χ3v) is 3.63. The first-order valence-electron chi connectivity index (χ1n) is 6.06.